The van der Waals surface area contributed by atoms with E-state index in [9.17, 15) is 41.0 Å². The molecule has 3 rings (SSSR count). The monoisotopic (exact) mass is 395 g/mol. The second-order valence-electron chi connectivity index (χ2n) is 7.01. The molecule has 1 aromatic carbocycles. The van der Waals surface area contributed by atoms with Crippen LogP contribution in [0.1, 0.15) is 30.4 Å². The number of hydrogen-bond donors (Lipinski definition) is 2. The molecule has 148 valence electrons. The maximum atomic E-state index is 12.9. The van der Waals surface area contributed by atoms with E-state index in [0.717, 1.165) is 0 Å². The molecular formula is C17H15F6NO3. The predicted octanol–water partition coefficient (Wildman–Crippen LogP) is 4.41. The van der Waals surface area contributed by atoms with Gasteiger partial charge in [-0.3, -0.25) is 9.59 Å². The Hall–Kier alpha value is -2.26. The molecule has 27 heavy (non-hydrogen) atoms. The number of fused-ring (bicyclic) bond motifs is 2. The first-order valence-electron chi connectivity index (χ1n) is 8.21. The molecule has 0 aliphatic heterocycles. The van der Waals surface area contributed by atoms with E-state index >= 15 is 0 Å². The van der Waals surface area contributed by atoms with E-state index in [4.69, 9.17) is 0 Å². The largest absolute Gasteiger partial charge is 0.481 e. The number of carboxylic acid groups (broad SMARTS) is 1. The zero-order chi connectivity index (χ0) is 20.1. The Kier molecular flexibility index (Phi) is 4.63. The van der Waals surface area contributed by atoms with E-state index in [2.05, 4.69) is 5.32 Å². The highest BCUT2D eigenvalue weighted by molar-refractivity contribution is 5.96. The average Bonchev–Trinajstić information content (AvgIpc) is 3.13. The minimum atomic E-state index is -5.03. The molecule has 1 amide bonds. The Labute approximate surface area is 149 Å². The van der Waals surface area contributed by atoms with Gasteiger partial charge in [-0.1, -0.05) is 0 Å². The number of hydrogen-bond acceptors (Lipinski definition) is 2. The van der Waals surface area contributed by atoms with E-state index in [1.807, 2.05) is 0 Å². The summed E-state index contributed by atoms with van der Waals surface area (Å²) in [5.41, 5.74) is -3.75. The van der Waals surface area contributed by atoms with E-state index in [1.165, 1.54) is 0 Å². The Morgan fingerprint density at radius 1 is 0.889 bits per heavy atom. The molecule has 4 atom stereocenters. The summed E-state index contributed by atoms with van der Waals surface area (Å²) < 4.78 is 77.4. The van der Waals surface area contributed by atoms with Crippen molar-refractivity contribution in [3.8, 4) is 0 Å². The second kappa shape index (κ2) is 6.42. The number of halogens is 6. The highest BCUT2D eigenvalue weighted by Gasteiger charge is 2.54. The number of benzene rings is 1. The maximum absolute atomic E-state index is 12.9. The van der Waals surface area contributed by atoms with Gasteiger partial charge in [0.05, 0.1) is 23.0 Å². The van der Waals surface area contributed by atoms with Gasteiger partial charge in [-0.2, -0.15) is 26.3 Å². The zero-order valence-electron chi connectivity index (χ0n) is 13.7. The van der Waals surface area contributed by atoms with Crippen LogP contribution < -0.4 is 5.32 Å². The summed E-state index contributed by atoms with van der Waals surface area (Å²) >= 11 is 0. The summed E-state index contributed by atoms with van der Waals surface area (Å²) in [5, 5.41) is 11.4. The number of amides is 1. The number of alkyl halides is 6. The quantitative estimate of drug-likeness (QED) is 0.746. The number of anilines is 1. The predicted molar refractivity (Wildman–Crippen MR) is 80.5 cm³/mol. The molecule has 4 nitrogen and oxygen atoms in total. The molecule has 0 spiro atoms. The zero-order valence-corrected chi connectivity index (χ0v) is 13.7. The third kappa shape index (κ3) is 3.74. The minimum absolute atomic E-state index is 0.0345. The van der Waals surface area contributed by atoms with E-state index in [-0.39, 0.29) is 17.9 Å². The lowest BCUT2D eigenvalue weighted by Gasteiger charge is -2.27. The molecule has 0 heterocycles. The lowest BCUT2D eigenvalue weighted by atomic mass is 9.78. The summed E-state index contributed by atoms with van der Waals surface area (Å²) in [4.78, 5) is 24.0. The first-order valence-corrected chi connectivity index (χ1v) is 8.21. The molecule has 2 saturated carbocycles. The number of carbonyl (C=O) groups excluding carboxylic acids is 1. The molecule has 0 aromatic heterocycles. The van der Waals surface area contributed by atoms with Gasteiger partial charge in [0, 0.05) is 5.69 Å². The Bertz CT molecular complexity index is 741. The van der Waals surface area contributed by atoms with Crippen LogP contribution in [0.5, 0.6) is 0 Å². The van der Waals surface area contributed by atoms with Gasteiger partial charge in [-0.15, -0.1) is 0 Å². The van der Waals surface area contributed by atoms with Crippen molar-refractivity contribution in [2.24, 2.45) is 23.7 Å². The molecule has 1 aromatic rings. The van der Waals surface area contributed by atoms with Crippen LogP contribution >= 0.6 is 0 Å². The van der Waals surface area contributed by atoms with Gasteiger partial charge in [0.15, 0.2) is 0 Å². The summed E-state index contributed by atoms with van der Waals surface area (Å²) in [6, 6.07) is 0.791. The Morgan fingerprint density at radius 2 is 1.37 bits per heavy atom. The van der Waals surface area contributed by atoms with Crippen LogP contribution in [0.4, 0.5) is 32.0 Å². The first-order chi connectivity index (χ1) is 12.4. The van der Waals surface area contributed by atoms with Crippen LogP contribution in [0, 0.1) is 23.7 Å². The first kappa shape index (κ1) is 19.5. The van der Waals surface area contributed by atoms with E-state index in [0.29, 0.717) is 31.4 Å². The van der Waals surface area contributed by atoms with Crippen molar-refractivity contribution >= 4 is 17.6 Å². The fourth-order valence-electron chi connectivity index (χ4n) is 4.28. The molecule has 0 saturated heterocycles. The number of carbonyl (C=O) groups is 2. The highest BCUT2D eigenvalue weighted by Crippen LogP contribution is 2.52. The molecule has 2 N–H and O–H groups in total. The lowest BCUT2D eigenvalue weighted by Crippen LogP contribution is -2.37. The molecule has 2 bridgehead atoms. The molecule has 2 aliphatic carbocycles. The van der Waals surface area contributed by atoms with Crippen molar-refractivity contribution in [2.45, 2.75) is 31.6 Å². The van der Waals surface area contributed by atoms with Gasteiger partial charge in [0.1, 0.15) is 0 Å². The summed E-state index contributed by atoms with van der Waals surface area (Å²) in [7, 11) is 0. The molecule has 2 fully saturated rings. The van der Waals surface area contributed by atoms with Crippen LogP contribution in [0.25, 0.3) is 0 Å². The van der Waals surface area contributed by atoms with Gasteiger partial charge in [-0.25, -0.2) is 0 Å². The van der Waals surface area contributed by atoms with Crippen LogP contribution in [0.3, 0.4) is 0 Å². The minimum Gasteiger partial charge on any atom is -0.481 e. The number of carboxylic acids is 1. The average molecular weight is 395 g/mol. The fraction of sp³-hybridized carbons (Fsp3) is 0.529. The van der Waals surface area contributed by atoms with E-state index in [1.54, 1.807) is 0 Å². The van der Waals surface area contributed by atoms with Crippen molar-refractivity contribution < 1.29 is 41.0 Å². The highest BCUT2D eigenvalue weighted by atomic mass is 19.4. The molecular weight excluding hydrogens is 380 g/mol. The summed E-state index contributed by atoms with van der Waals surface area (Å²) in [6.07, 6.45) is -8.28. The third-order valence-corrected chi connectivity index (χ3v) is 5.36. The molecule has 0 radical (unpaired) electrons. The third-order valence-electron chi connectivity index (χ3n) is 5.36. The van der Waals surface area contributed by atoms with Crippen molar-refractivity contribution in [2.75, 3.05) is 5.32 Å². The summed E-state index contributed by atoms with van der Waals surface area (Å²) in [5.74, 6) is -4.41. The normalized spacial score (nSPS) is 27.6. The van der Waals surface area contributed by atoms with Gasteiger partial charge in [0.2, 0.25) is 5.91 Å². The summed E-state index contributed by atoms with van der Waals surface area (Å²) in [6.45, 7) is 0. The maximum Gasteiger partial charge on any atom is 0.416 e. The lowest BCUT2D eigenvalue weighted by molar-refractivity contribution is -0.148. The topological polar surface area (TPSA) is 66.4 Å². The fourth-order valence-corrected chi connectivity index (χ4v) is 4.28. The van der Waals surface area contributed by atoms with Gasteiger partial charge in [-0.05, 0) is 49.3 Å². The van der Waals surface area contributed by atoms with Crippen molar-refractivity contribution in [1.82, 2.24) is 0 Å². The van der Waals surface area contributed by atoms with Crippen molar-refractivity contribution in [3.05, 3.63) is 29.3 Å². The van der Waals surface area contributed by atoms with Gasteiger partial charge in [0.25, 0.3) is 0 Å². The van der Waals surface area contributed by atoms with E-state index < -0.39 is 52.9 Å². The van der Waals surface area contributed by atoms with Crippen LogP contribution in [0.15, 0.2) is 18.2 Å². The molecule has 2 aliphatic rings. The molecule has 10 heteroatoms. The standard InChI is InChI=1S/C17H15F6NO3/c18-16(19,20)9-4-10(17(21,22)23)6-11(5-9)24-14(25)12-7-1-2-8(3-7)13(12)15(26)27/h4-8,12-13H,1-3H2,(H,24,25)(H,26,27)/t7-,8+,12?,13?/m1/s1. The van der Waals surface area contributed by atoms with Crippen LogP contribution in [-0.2, 0) is 21.9 Å². The van der Waals surface area contributed by atoms with Gasteiger partial charge < -0.3 is 10.4 Å². The van der Waals surface area contributed by atoms with Crippen LogP contribution in [0.2, 0.25) is 0 Å². The van der Waals surface area contributed by atoms with Crippen LogP contribution in [-0.4, -0.2) is 17.0 Å². The molecule has 2 unspecified atom stereocenters. The number of rotatable bonds is 3. The van der Waals surface area contributed by atoms with Crippen molar-refractivity contribution in [3.63, 3.8) is 0 Å². The SMILES string of the molecule is O=C(O)C1C(C(=O)Nc2cc(C(F)(F)F)cc(C(F)(F)F)c2)[C@@H]2CC[C@H]1C2. The Balaban J connectivity index is 1.90. The second-order valence-corrected chi connectivity index (χ2v) is 7.01. The number of aliphatic carboxylic acids is 1. The smallest absolute Gasteiger partial charge is 0.416 e. The van der Waals surface area contributed by atoms with Gasteiger partial charge >= 0.3 is 18.3 Å². The Morgan fingerprint density at radius 3 is 1.81 bits per heavy atom. The number of nitrogens with one attached hydrogen (secondary N) is 1. The van der Waals surface area contributed by atoms with Crippen molar-refractivity contribution in [1.29, 1.82) is 0 Å².